The van der Waals surface area contributed by atoms with Gasteiger partial charge in [-0.15, -0.1) is 10.2 Å². The molecule has 0 spiro atoms. The van der Waals surface area contributed by atoms with Crippen molar-refractivity contribution in [2.45, 2.75) is 28.9 Å². The van der Waals surface area contributed by atoms with E-state index >= 15 is 0 Å². The van der Waals surface area contributed by atoms with Crippen molar-refractivity contribution in [2.75, 3.05) is 5.32 Å². The monoisotopic (exact) mass is 426 g/mol. The van der Waals surface area contributed by atoms with E-state index in [4.69, 9.17) is 27.7 Å². The van der Waals surface area contributed by atoms with Crippen LogP contribution in [0.15, 0.2) is 33.1 Å². The Kier molecular flexibility index (Phi) is 5.17. The first-order chi connectivity index (χ1) is 12.6. The Labute approximate surface area is 167 Å². The Morgan fingerprint density at radius 2 is 2.15 bits per heavy atom. The van der Waals surface area contributed by atoms with Gasteiger partial charge in [-0.3, -0.25) is 10.1 Å². The predicted octanol–water partition coefficient (Wildman–Crippen LogP) is 5.25. The molecule has 3 aromatic rings. The summed E-state index contributed by atoms with van der Waals surface area (Å²) in [5.74, 6) is 1.46. The third-order valence-corrected chi connectivity index (χ3v) is 6.34. The summed E-state index contributed by atoms with van der Waals surface area (Å²) in [4.78, 5) is 12.2. The number of nitrogens with zero attached hydrogens (tertiary/aromatic N) is 3. The average molecular weight is 427 g/mol. The summed E-state index contributed by atoms with van der Waals surface area (Å²) >= 11 is 14.8. The third-order valence-electron chi connectivity index (χ3n) is 3.73. The molecule has 134 valence electrons. The molecule has 2 aromatic heterocycles. The summed E-state index contributed by atoms with van der Waals surface area (Å²) in [6, 6.07) is 7.07. The van der Waals surface area contributed by atoms with E-state index in [1.807, 2.05) is 6.07 Å². The van der Waals surface area contributed by atoms with Gasteiger partial charge in [0.05, 0.1) is 0 Å². The fourth-order valence-corrected chi connectivity index (χ4v) is 4.52. The second-order valence-electron chi connectivity index (χ2n) is 5.74. The van der Waals surface area contributed by atoms with Crippen LogP contribution in [0.25, 0.3) is 0 Å². The summed E-state index contributed by atoms with van der Waals surface area (Å²) in [5, 5.41) is 16.2. The summed E-state index contributed by atoms with van der Waals surface area (Å²) in [5.41, 5.74) is 1.21. The van der Waals surface area contributed by atoms with Gasteiger partial charge in [0.2, 0.25) is 5.13 Å². The van der Waals surface area contributed by atoms with Gasteiger partial charge in [-0.1, -0.05) is 57.5 Å². The Hall–Kier alpha value is -1.61. The van der Waals surface area contributed by atoms with Crippen molar-refractivity contribution in [1.29, 1.82) is 0 Å². The minimum Gasteiger partial charge on any atom is -0.360 e. The molecule has 1 N–H and O–H groups in total. The Bertz CT molecular complexity index is 955. The van der Waals surface area contributed by atoms with Gasteiger partial charge in [0.25, 0.3) is 5.91 Å². The zero-order chi connectivity index (χ0) is 18.1. The van der Waals surface area contributed by atoms with Crippen LogP contribution in [0.4, 0.5) is 5.13 Å². The van der Waals surface area contributed by atoms with Crippen molar-refractivity contribution in [2.24, 2.45) is 0 Å². The molecule has 10 heteroatoms. The van der Waals surface area contributed by atoms with E-state index in [0.29, 0.717) is 26.8 Å². The maximum absolute atomic E-state index is 12.2. The molecule has 0 radical (unpaired) electrons. The second-order valence-corrected chi connectivity index (χ2v) is 8.78. The lowest BCUT2D eigenvalue weighted by atomic mass is 10.2. The van der Waals surface area contributed by atoms with E-state index in [0.717, 1.165) is 28.5 Å². The number of hydrogen-bond donors (Lipinski definition) is 1. The topological polar surface area (TPSA) is 80.9 Å². The largest absolute Gasteiger partial charge is 0.360 e. The van der Waals surface area contributed by atoms with E-state index in [9.17, 15) is 4.79 Å². The first-order valence-corrected chi connectivity index (χ1v) is 10.3. The van der Waals surface area contributed by atoms with E-state index in [1.54, 1.807) is 18.2 Å². The smallest absolute Gasteiger partial charge is 0.279 e. The molecule has 1 aliphatic carbocycles. The van der Waals surface area contributed by atoms with Gasteiger partial charge in [-0.05, 0) is 30.5 Å². The molecule has 0 bridgehead atoms. The van der Waals surface area contributed by atoms with E-state index < -0.39 is 0 Å². The fraction of sp³-hybridized carbons (Fsp3) is 0.250. The lowest BCUT2D eigenvalue weighted by Gasteiger charge is -2.02. The molecular weight excluding hydrogens is 415 g/mol. The summed E-state index contributed by atoms with van der Waals surface area (Å²) in [6.45, 7) is 0. The molecule has 1 aromatic carbocycles. The highest BCUT2D eigenvalue weighted by Gasteiger charge is 2.29. The number of nitrogens with one attached hydrogen (secondary N) is 1. The van der Waals surface area contributed by atoms with Crippen LogP contribution in [0, 0.1) is 0 Å². The molecule has 0 unspecified atom stereocenters. The Morgan fingerprint density at radius 3 is 2.92 bits per heavy atom. The quantitative estimate of drug-likeness (QED) is 0.427. The first-order valence-electron chi connectivity index (χ1n) is 7.76. The molecular formula is C16H12Cl2N4O2S2. The normalized spacial score (nSPS) is 13.8. The number of amides is 1. The van der Waals surface area contributed by atoms with Crippen LogP contribution in [0.2, 0.25) is 10.0 Å². The molecule has 0 atom stereocenters. The number of hydrogen-bond acceptors (Lipinski definition) is 7. The lowest BCUT2D eigenvalue weighted by Crippen LogP contribution is -2.11. The van der Waals surface area contributed by atoms with Crippen molar-refractivity contribution in [3.63, 3.8) is 0 Å². The van der Waals surface area contributed by atoms with Crippen molar-refractivity contribution in [3.05, 3.63) is 51.3 Å². The van der Waals surface area contributed by atoms with Gasteiger partial charge >= 0.3 is 0 Å². The fourth-order valence-electron chi connectivity index (χ4n) is 2.21. The van der Waals surface area contributed by atoms with Crippen LogP contribution in [0.1, 0.15) is 40.6 Å². The van der Waals surface area contributed by atoms with E-state index in [1.165, 1.54) is 23.1 Å². The molecule has 2 heterocycles. The predicted molar refractivity (Wildman–Crippen MR) is 102 cm³/mol. The van der Waals surface area contributed by atoms with E-state index in [-0.39, 0.29) is 11.6 Å². The van der Waals surface area contributed by atoms with Crippen LogP contribution in [0.3, 0.4) is 0 Å². The summed E-state index contributed by atoms with van der Waals surface area (Å²) < 4.78 is 5.92. The molecule has 0 aliphatic heterocycles. The van der Waals surface area contributed by atoms with Crippen molar-refractivity contribution < 1.29 is 9.32 Å². The van der Waals surface area contributed by atoms with Gasteiger partial charge in [0, 0.05) is 27.8 Å². The minimum atomic E-state index is -0.353. The SMILES string of the molecule is O=C(Nc1nnc(SCc2ccc(Cl)cc2Cl)s1)c1cc(C2CC2)on1. The zero-order valence-corrected chi connectivity index (χ0v) is 16.4. The number of rotatable bonds is 6. The van der Waals surface area contributed by atoms with Crippen LogP contribution < -0.4 is 5.32 Å². The van der Waals surface area contributed by atoms with Crippen LogP contribution in [0.5, 0.6) is 0 Å². The Balaban J connectivity index is 1.35. The number of halogens is 2. The second kappa shape index (κ2) is 7.56. The van der Waals surface area contributed by atoms with Gasteiger partial charge in [-0.2, -0.15) is 0 Å². The van der Waals surface area contributed by atoms with Gasteiger partial charge in [-0.25, -0.2) is 0 Å². The summed E-state index contributed by atoms with van der Waals surface area (Å²) in [7, 11) is 0. The van der Waals surface area contributed by atoms with Crippen molar-refractivity contribution in [1.82, 2.24) is 15.4 Å². The number of benzene rings is 1. The molecule has 4 rings (SSSR count). The molecule has 26 heavy (non-hydrogen) atoms. The van der Waals surface area contributed by atoms with Crippen LogP contribution in [-0.2, 0) is 5.75 Å². The van der Waals surface area contributed by atoms with Gasteiger partial charge < -0.3 is 4.52 Å². The molecule has 1 amide bonds. The summed E-state index contributed by atoms with van der Waals surface area (Å²) in [6.07, 6.45) is 2.18. The van der Waals surface area contributed by atoms with E-state index in [2.05, 4.69) is 20.7 Å². The first kappa shape index (κ1) is 17.8. The maximum Gasteiger partial charge on any atom is 0.279 e. The molecule has 1 saturated carbocycles. The molecule has 6 nitrogen and oxygen atoms in total. The molecule has 1 fully saturated rings. The van der Waals surface area contributed by atoms with Crippen LogP contribution >= 0.6 is 46.3 Å². The highest BCUT2D eigenvalue weighted by atomic mass is 35.5. The van der Waals surface area contributed by atoms with Gasteiger partial charge in [0.1, 0.15) is 5.76 Å². The number of thioether (sulfide) groups is 1. The number of carbonyl (C=O) groups is 1. The zero-order valence-electron chi connectivity index (χ0n) is 13.2. The number of anilines is 1. The molecule has 0 saturated heterocycles. The lowest BCUT2D eigenvalue weighted by molar-refractivity contribution is 0.101. The average Bonchev–Trinajstić information content (AvgIpc) is 3.16. The number of carbonyl (C=O) groups excluding carboxylic acids is 1. The van der Waals surface area contributed by atoms with Crippen molar-refractivity contribution in [3.8, 4) is 0 Å². The minimum absolute atomic E-state index is 0.254. The standard InChI is InChI=1S/C16H12Cl2N4O2S2/c17-10-4-3-9(11(18)5-10)7-25-16-21-20-15(26-16)19-14(23)12-6-13(24-22-12)8-1-2-8/h3-6,8H,1-2,7H2,(H,19,20,23). The highest BCUT2D eigenvalue weighted by molar-refractivity contribution is 8.00. The Morgan fingerprint density at radius 1 is 1.31 bits per heavy atom. The van der Waals surface area contributed by atoms with Gasteiger partial charge in [0.15, 0.2) is 10.0 Å². The van der Waals surface area contributed by atoms with Crippen LogP contribution in [-0.4, -0.2) is 21.3 Å². The van der Waals surface area contributed by atoms with Crippen molar-refractivity contribution >= 4 is 57.3 Å². The third kappa shape index (κ3) is 4.20. The maximum atomic E-state index is 12.2. The number of aromatic nitrogens is 3. The highest BCUT2D eigenvalue weighted by Crippen LogP contribution is 2.40. The molecule has 1 aliphatic rings.